The van der Waals surface area contributed by atoms with Gasteiger partial charge >= 0.3 is 0 Å². The summed E-state index contributed by atoms with van der Waals surface area (Å²) in [6.45, 7) is 0. The maximum absolute atomic E-state index is 13.9. The molecule has 3 aromatic rings. The van der Waals surface area contributed by atoms with E-state index in [-0.39, 0.29) is 24.1 Å². The summed E-state index contributed by atoms with van der Waals surface area (Å²) in [7, 11) is 0. The van der Waals surface area contributed by atoms with Crippen molar-refractivity contribution in [1.29, 1.82) is 0 Å². The van der Waals surface area contributed by atoms with Crippen LogP contribution >= 0.6 is 11.6 Å². The van der Waals surface area contributed by atoms with Gasteiger partial charge in [-0.05, 0) is 54.8 Å². The van der Waals surface area contributed by atoms with Crippen molar-refractivity contribution < 1.29 is 22.0 Å². The van der Waals surface area contributed by atoms with E-state index in [1.54, 1.807) is 29.2 Å². The number of carbonyl (C=O) groups is 2. The second-order valence-electron chi connectivity index (χ2n) is 7.81. The van der Waals surface area contributed by atoms with Gasteiger partial charge in [-0.2, -0.15) is 0 Å². The smallest absolute Gasteiger partial charge is 0.259 e. The highest BCUT2D eigenvalue weighted by molar-refractivity contribution is 6.30. The van der Waals surface area contributed by atoms with Crippen molar-refractivity contribution in [2.75, 3.05) is 10.2 Å². The molecule has 0 radical (unpaired) electrons. The number of allylic oxidation sites excluding steroid dienone is 1. The first-order valence-corrected chi connectivity index (χ1v) is 10.8. The minimum atomic E-state index is -0.511. The van der Waals surface area contributed by atoms with Crippen LogP contribution in [0, 0.1) is 0 Å². The summed E-state index contributed by atoms with van der Waals surface area (Å²) < 4.78 is 0. The van der Waals surface area contributed by atoms with Crippen LogP contribution in [0.15, 0.2) is 90.1 Å². The molecule has 4 nitrogen and oxygen atoms in total. The van der Waals surface area contributed by atoms with Crippen molar-refractivity contribution in [1.82, 2.24) is 0 Å². The van der Waals surface area contributed by atoms with E-state index in [1.165, 1.54) is 0 Å². The average molecular weight is 464 g/mol. The molecule has 0 saturated heterocycles. The fourth-order valence-electron chi connectivity index (χ4n) is 4.44. The van der Waals surface area contributed by atoms with Gasteiger partial charge in [-0.3, -0.25) is 14.5 Å². The van der Waals surface area contributed by atoms with Gasteiger partial charge in [-0.15, -0.1) is 0 Å². The number of fused-ring (bicyclic) bond motifs is 1. The highest BCUT2D eigenvalue weighted by Gasteiger charge is 2.39. The lowest BCUT2D eigenvalue weighted by Crippen LogP contribution is -3.00. The maximum atomic E-state index is 13.9. The molecular formula is C26H21Cl2N2O2-. The standard InChI is InChI=1S/C26H21ClN2O2.ClH/c27-19-15-13-18(14-16-19)26(31)29-22-11-5-4-9-20(22)28-21-10-6-12-23(30)24(21)25(29)17-7-2-1-3-8-17;/h1-5,7-9,11,13-16,25,28H,6,10,12H2;1H/p-1. The Balaban J connectivity index is 0.00000245. The molecule has 1 heterocycles. The van der Waals surface area contributed by atoms with Crippen LogP contribution in [0.1, 0.15) is 41.2 Å². The Bertz CT molecular complexity index is 1190. The topological polar surface area (TPSA) is 49.4 Å². The van der Waals surface area contributed by atoms with E-state index in [9.17, 15) is 9.59 Å². The minimum absolute atomic E-state index is 0. The van der Waals surface area contributed by atoms with Crippen LogP contribution in [0.25, 0.3) is 0 Å². The molecule has 0 bridgehead atoms. The van der Waals surface area contributed by atoms with Gasteiger partial charge < -0.3 is 17.7 Å². The normalized spacial score (nSPS) is 17.5. The first-order valence-electron chi connectivity index (χ1n) is 10.4. The minimum Gasteiger partial charge on any atom is -1.00 e. The zero-order chi connectivity index (χ0) is 21.4. The van der Waals surface area contributed by atoms with Crippen LogP contribution in [0.3, 0.4) is 0 Å². The van der Waals surface area contributed by atoms with Crippen LogP contribution in [-0.2, 0) is 4.79 Å². The second kappa shape index (κ2) is 9.19. The molecule has 1 aliphatic carbocycles. The van der Waals surface area contributed by atoms with Crippen molar-refractivity contribution in [2.24, 2.45) is 0 Å². The Morgan fingerprint density at radius 3 is 2.34 bits per heavy atom. The zero-order valence-corrected chi connectivity index (χ0v) is 18.7. The molecule has 2 aliphatic rings. The van der Waals surface area contributed by atoms with Crippen LogP contribution in [0.4, 0.5) is 11.4 Å². The molecule has 5 rings (SSSR count). The number of Topliss-reactive ketones (excluding diaryl/α,β-unsaturated/α-hetero) is 1. The lowest BCUT2D eigenvalue weighted by Gasteiger charge is -2.34. The van der Waals surface area contributed by atoms with E-state index in [0.717, 1.165) is 35.5 Å². The molecule has 1 unspecified atom stereocenters. The molecule has 0 saturated carbocycles. The first kappa shape index (κ1) is 22.1. The summed E-state index contributed by atoms with van der Waals surface area (Å²) in [4.78, 5) is 28.9. The van der Waals surface area contributed by atoms with Gasteiger partial charge in [-0.25, -0.2) is 0 Å². The van der Waals surface area contributed by atoms with Gasteiger partial charge in [0.15, 0.2) is 5.78 Å². The van der Waals surface area contributed by atoms with Crippen molar-refractivity contribution in [2.45, 2.75) is 25.3 Å². The van der Waals surface area contributed by atoms with Gasteiger partial charge in [-0.1, -0.05) is 54.1 Å². The Morgan fingerprint density at radius 1 is 0.906 bits per heavy atom. The number of nitrogens with zero attached hydrogens (tertiary/aromatic N) is 1. The lowest BCUT2D eigenvalue weighted by atomic mass is 9.85. The van der Waals surface area contributed by atoms with Gasteiger partial charge in [0.05, 0.1) is 17.4 Å². The number of nitrogens with one attached hydrogen (secondary N) is 1. The summed E-state index contributed by atoms with van der Waals surface area (Å²) in [6.07, 6.45) is 2.07. The van der Waals surface area contributed by atoms with Gasteiger partial charge in [0.2, 0.25) is 0 Å². The Kier molecular flexibility index (Phi) is 6.35. The van der Waals surface area contributed by atoms with E-state index in [4.69, 9.17) is 11.6 Å². The molecule has 1 atom stereocenters. The van der Waals surface area contributed by atoms with Crippen LogP contribution in [0.5, 0.6) is 0 Å². The number of halogens is 2. The number of carbonyl (C=O) groups excluding carboxylic acids is 2. The number of hydrogen-bond acceptors (Lipinski definition) is 3. The van der Waals surface area contributed by atoms with Crippen molar-refractivity contribution in [3.63, 3.8) is 0 Å². The molecule has 0 aromatic heterocycles. The molecule has 32 heavy (non-hydrogen) atoms. The zero-order valence-electron chi connectivity index (χ0n) is 17.2. The maximum Gasteiger partial charge on any atom is 0.259 e. The predicted octanol–water partition coefficient (Wildman–Crippen LogP) is 3.16. The first-order chi connectivity index (χ1) is 15.1. The summed E-state index contributed by atoms with van der Waals surface area (Å²) in [6, 6.07) is 23.9. The highest BCUT2D eigenvalue weighted by atomic mass is 35.5. The molecule has 1 aliphatic heterocycles. The Morgan fingerprint density at radius 2 is 1.59 bits per heavy atom. The van der Waals surface area contributed by atoms with Gasteiger partial charge in [0, 0.05) is 28.3 Å². The fraction of sp³-hybridized carbons (Fsp3) is 0.154. The van der Waals surface area contributed by atoms with Gasteiger partial charge in [0.25, 0.3) is 5.91 Å². The van der Waals surface area contributed by atoms with E-state index in [2.05, 4.69) is 5.32 Å². The van der Waals surface area contributed by atoms with E-state index < -0.39 is 6.04 Å². The summed E-state index contributed by atoms with van der Waals surface area (Å²) in [5.41, 5.74) is 4.59. The van der Waals surface area contributed by atoms with Crippen molar-refractivity contribution in [3.8, 4) is 0 Å². The third kappa shape index (κ3) is 3.92. The summed E-state index contributed by atoms with van der Waals surface area (Å²) >= 11 is 6.06. The lowest BCUT2D eigenvalue weighted by molar-refractivity contribution is -0.116. The number of benzene rings is 3. The van der Waals surface area contributed by atoms with Crippen molar-refractivity contribution >= 4 is 34.7 Å². The molecule has 6 heteroatoms. The Labute approximate surface area is 198 Å². The quantitative estimate of drug-likeness (QED) is 0.634. The van der Waals surface area contributed by atoms with Crippen molar-refractivity contribution in [3.05, 3.63) is 106 Å². The van der Waals surface area contributed by atoms with Crippen LogP contribution in [0.2, 0.25) is 5.02 Å². The third-order valence-corrected chi connectivity index (χ3v) is 6.11. The molecule has 3 aromatic carbocycles. The number of ketones is 1. The summed E-state index contributed by atoms with van der Waals surface area (Å²) in [5.74, 6) is -0.0868. The predicted molar refractivity (Wildman–Crippen MR) is 123 cm³/mol. The number of amides is 1. The third-order valence-electron chi connectivity index (χ3n) is 5.86. The molecule has 0 spiro atoms. The van der Waals surface area contributed by atoms with Crippen LogP contribution < -0.4 is 22.6 Å². The second-order valence-corrected chi connectivity index (χ2v) is 8.24. The number of hydrogen-bond donors (Lipinski definition) is 1. The van der Waals surface area contributed by atoms with Crippen LogP contribution in [-0.4, -0.2) is 11.7 Å². The molecule has 1 amide bonds. The Hall–Kier alpha value is -3.08. The number of rotatable bonds is 2. The van der Waals surface area contributed by atoms with Gasteiger partial charge in [0.1, 0.15) is 0 Å². The molecule has 162 valence electrons. The fourth-order valence-corrected chi connectivity index (χ4v) is 4.57. The molecule has 1 N–H and O–H groups in total. The van der Waals surface area contributed by atoms with E-state index >= 15 is 0 Å². The largest absolute Gasteiger partial charge is 1.00 e. The monoisotopic (exact) mass is 463 g/mol. The number of anilines is 2. The number of para-hydroxylation sites is 2. The average Bonchev–Trinajstić information content (AvgIpc) is 2.95. The van der Waals surface area contributed by atoms with E-state index in [0.29, 0.717) is 22.6 Å². The SMILES string of the molecule is O=C1CCCC2=C1C(c1ccccc1)N(C(=O)c1ccc(Cl)cc1)c1ccccc1N2.[Cl-]. The van der Waals surface area contributed by atoms with E-state index in [1.807, 2.05) is 54.6 Å². The molecule has 0 fully saturated rings. The molecular weight excluding hydrogens is 443 g/mol. The highest BCUT2D eigenvalue weighted by Crippen LogP contribution is 2.45. The summed E-state index contributed by atoms with van der Waals surface area (Å²) in [5, 5.41) is 4.05.